The lowest BCUT2D eigenvalue weighted by Crippen LogP contribution is -2.39. The molecule has 2 heterocycles. The van der Waals surface area contributed by atoms with Gasteiger partial charge in [0.2, 0.25) is 11.7 Å². The Labute approximate surface area is 154 Å². The Kier molecular flexibility index (Phi) is 4.66. The van der Waals surface area contributed by atoms with Crippen LogP contribution in [0.15, 0.2) is 53.1 Å². The van der Waals surface area contributed by atoms with Gasteiger partial charge in [-0.1, -0.05) is 11.2 Å². The Bertz CT molecular complexity index is 956. The van der Waals surface area contributed by atoms with Gasteiger partial charge in [-0.15, -0.1) is 0 Å². The Morgan fingerprint density at radius 1 is 1.11 bits per heavy atom. The van der Waals surface area contributed by atoms with Crippen molar-refractivity contribution in [2.24, 2.45) is 0 Å². The number of nitrogens with zero attached hydrogens (tertiary/aromatic N) is 3. The molecule has 1 amide bonds. The maximum Gasteiger partial charge on any atom is 0.253 e. The van der Waals surface area contributed by atoms with Gasteiger partial charge in [0.1, 0.15) is 11.6 Å². The lowest BCUT2D eigenvalue weighted by atomic mass is 9.97. The number of carbonyl (C=O) groups is 1. The molecule has 0 aliphatic carbocycles. The molecule has 3 aromatic rings. The highest BCUT2D eigenvalue weighted by Gasteiger charge is 2.29. The number of halogens is 2. The van der Waals surface area contributed by atoms with Crippen LogP contribution in [-0.2, 0) is 0 Å². The van der Waals surface area contributed by atoms with Crippen LogP contribution in [0.3, 0.4) is 0 Å². The first-order chi connectivity index (χ1) is 13.1. The number of rotatable bonds is 3. The first-order valence-corrected chi connectivity index (χ1v) is 8.74. The summed E-state index contributed by atoms with van der Waals surface area (Å²) < 4.78 is 31.8. The minimum Gasteiger partial charge on any atom is -0.339 e. The van der Waals surface area contributed by atoms with E-state index in [9.17, 15) is 13.6 Å². The third-order valence-electron chi connectivity index (χ3n) is 4.67. The summed E-state index contributed by atoms with van der Waals surface area (Å²) in [5.74, 6) is -0.225. The molecule has 1 saturated heterocycles. The molecule has 1 unspecified atom stereocenters. The van der Waals surface area contributed by atoms with Gasteiger partial charge in [0.25, 0.3) is 5.91 Å². The van der Waals surface area contributed by atoms with Crippen LogP contribution in [0, 0.1) is 11.6 Å². The molecular weight excluding hydrogens is 352 g/mol. The van der Waals surface area contributed by atoms with Gasteiger partial charge in [0.15, 0.2) is 0 Å². The number of aromatic nitrogens is 2. The predicted molar refractivity (Wildman–Crippen MR) is 94.0 cm³/mol. The topological polar surface area (TPSA) is 59.2 Å². The van der Waals surface area contributed by atoms with Gasteiger partial charge < -0.3 is 9.42 Å². The predicted octanol–water partition coefficient (Wildman–Crippen LogP) is 4.03. The molecule has 0 saturated carbocycles. The van der Waals surface area contributed by atoms with Crippen molar-refractivity contribution in [3.05, 3.63) is 71.6 Å². The summed E-state index contributed by atoms with van der Waals surface area (Å²) in [4.78, 5) is 18.7. The molecular formula is C20H17F2N3O2. The molecule has 138 valence electrons. The van der Waals surface area contributed by atoms with Crippen molar-refractivity contribution in [3.63, 3.8) is 0 Å². The zero-order valence-electron chi connectivity index (χ0n) is 14.4. The second-order valence-electron chi connectivity index (χ2n) is 6.56. The highest BCUT2D eigenvalue weighted by Crippen LogP contribution is 2.28. The van der Waals surface area contributed by atoms with Gasteiger partial charge in [-0.2, -0.15) is 4.98 Å². The van der Waals surface area contributed by atoms with E-state index < -0.39 is 5.82 Å². The first kappa shape index (κ1) is 17.3. The van der Waals surface area contributed by atoms with Crippen molar-refractivity contribution in [3.8, 4) is 11.4 Å². The lowest BCUT2D eigenvalue weighted by molar-refractivity contribution is 0.0695. The minimum atomic E-state index is -0.435. The fourth-order valence-electron chi connectivity index (χ4n) is 3.28. The molecule has 1 atom stereocenters. The van der Waals surface area contributed by atoms with Crippen LogP contribution in [0.5, 0.6) is 0 Å². The molecule has 1 aliphatic heterocycles. The van der Waals surface area contributed by atoms with Crippen LogP contribution in [0.1, 0.15) is 35.0 Å². The first-order valence-electron chi connectivity index (χ1n) is 8.74. The van der Waals surface area contributed by atoms with Crippen LogP contribution >= 0.6 is 0 Å². The summed E-state index contributed by atoms with van der Waals surface area (Å²) >= 11 is 0. The van der Waals surface area contributed by atoms with Crippen molar-refractivity contribution < 1.29 is 18.1 Å². The quantitative estimate of drug-likeness (QED) is 0.699. The summed E-state index contributed by atoms with van der Waals surface area (Å²) in [5, 5.41) is 3.97. The Morgan fingerprint density at radius 2 is 1.93 bits per heavy atom. The standard InChI is InChI=1S/C20H17F2N3O2/c21-16-8-6-13(7-9-16)18-23-19(27-24-18)15-4-2-10-25(12-15)20(26)14-3-1-5-17(22)11-14/h1,3,5-9,11,15H,2,4,10,12H2. The van der Waals surface area contributed by atoms with Gasteiger partial charge >= 0.3 is 0 Å². The average molecular weight is 369 g/mol. The summed E-state index contributed by atoms with van der Waals surface area (Å²) in [6.07, 6.45) is 1.61. The number of benzene rings is 2. The van der Waals surface area contributed by atoms with Crippen LogP contribution in [0.4, 0.5) is 8.78 Å². The number of amides is 1. The molecule has 1 aliphatic rings. The van der Waals surface area contributed by atoms with E-state index in [-0.39, 0.29) is 17.6 Å². The van der Waals surface area contributed by atoms with Gasteiger partial charge in [0.05, 0.1) is 5.92 Å². The van der Waals surface area contributed by atoms with E-state index in [1.807, 2.05) is 0 Å². The number of piperidine rings is 1. The maximum absolute atomic E-state index is 13.4. The fourth-order valence-corrected chi connectivity index (χ4v) is 3.28. The van der Waals surface area contributed by atoms with Crippen LogP contribution in [0.25, 0.3) is 11.4 Å². The molecule has 0 N–H and O–H groups in total. The maximum atomic E-state index is 13.4. The highest BCUT2D eigenvalue weighted by molar-refractivity contribution is 5.94. The summed E-state index contributed by atoms with van der Waals surface area (Å²) in [5.41, 5.74) is 0.989. The van der Waals surface area contributed by atoms with E-state index in [0.29, 0.717) is 35.9 Å². The van der Waals surface area contributed by atoms with E-state index in [0.717, 1.165) is 12.8 Å². The smallest absolute Gasteiger partial charge is 0.253 e. The van der Waals surface area contributed by atoms with E-state index in [1.165, 1.54) is 30.3 Å². The molecule has 1 fully saturated rings. The van der Waals surface area contributed by atoms with Crippen LogP contribution < -0.4 is 0 Å². The van der Waals surface area contributed by atoms with Gasteiger partial charge in [0, 0.05) is 24.2 Å². The molecule has 0 spiro atoms. The highest BCUT2D eigenvalue weighted by atomic mass is 19.1. The number of likely N-dealkylation sites (tertiary alicyclic amines) is 1. The van der Waals surface area contributed by atoms with Gasteiger partial charge in [-0.3, -0.25) is 4.79 Å². The monoisotopic (exact) mass is 369 g/mol. The van der Waals surface area contributed by atoms with Crippen molar-refractivity contribution in [1.29, 1.82) is 0 Å². The Balaban J connectivity index is 1.50. The molecule has 2 aromatic carbocycles. The molecule has 7 heteroatoms. The number of hydrogen-bond donors (Lipinski definition) is 0. The SMILES string of the molecule is O=C(c1cccc(F)c1)N1CCCC(c2nc(-c3ccc(F)cc3)no2)C1. The number of hydrogen-bond acceptors (Lipinski definition) is 4. The second kappa shape index (κ2) is 7.26. The lowest BCUT2D eigenvalue weighted by Gasteiger charge is -2.31. The van der Waals surface area contributed by atoms with E-state index in [2.05, 4.69) is 10.1 Å². The Morgan fingerprint density at radius 3 is 2.70 bits per heavy atom. The number of carbonyl (C=O) groups excluding carboxylic acids is 1. The largest absolute Gasteiger partial charge is 0.339 e. The van der Waals surface area contributed by atoms with Gasteiger partial charge in [-0.25, -0.2) is 8.78 Å². The fraction of sp³-hybridized carbons (Fsp3) is 0.250. The van der Waals surface area contributed by atoms with Crippen LogP contribution in [-0.4, -0.2) is 34.0 Å². The van der Waals surface area contributed by atoms with Crippen molar-refractivity contribution in [2.75, 3.05) is 13.1 Å². The second-order valence-corrected chi connectivity index (χ2v) is 6.56. The van der Waals surface area contributed by atoms with E-state index in [4.69, 9.17) is 4.52 Å². The molecule has 0 bridgehead atoms. The average Bonchev–Trinajstić information content (AvgIpc) is 3.18. The van der Waals surface area contributed by atoms with Gasteiger partial charge in [-0.05, 0) is 55.3 Å². The third-order valence-corrected chi connectivity index (χ3v) is 4.67. The summed E-state index contributed by atoms with van der Waals surface area (Å²) in [6, 6.07) is 11.5. The van der Waals surface area contributed by atoms with E-state index in [1.54, 1.807) is 23.1 Å². The van der Waals surface area contributed by atoms with Crippen molar-refractivity contribution in [2.45, 2.75) is 18.8 Å². The van der Waals surface area contributed by atoms with Crippen LogP contribution in [0.2, 0.25) is 0 Å². The van der Waals surface area contributed by atoms with Crippen molar-refractivity contribution >= 4 is 5.91 Å². The molecule has 27 heavy (non-hydrogen) atoms. The minimum absolute atomic E-state index is 0.0852. The molecule has 0 radical (unpaired) electrons. The summed E-state index contributed by atoms with van der Waals surface area (Å²) in [6.45, 7) is 1.03. The normalized spacial score (nSPS) is 17.1. The zero-order valence-corrected chi connectivity index (χ0v) is 14.4. The molecule has 1 aromatic heterocycles. The molecule has 4 rings (SSSR count). The summed E-state index contributed by atoms with van der Waals surface area (Å²) in [7, 11) is 0. The van der Waals surface area contributed by atoms with E-state index >= 15 is 0 Å². The third kappa shape index (κ3) is 3.72. The Hall–Kier alpha value is -3.09. The zero-order chi connectivity index (χ0) is 18.8. The van der Waals surface area contributed by atoms with Crippen molar-refractivity contribution in [1.82, 2.24) is 15.0 Å². The molecule has 5 nitrogen and oxygen atoms in total.